The van der Waals surface area contributed by atoms with Crippen LogP contribution in [0.5, 0.6) is 0 Å². The maximum Gasteiger partial charge on any atom is 0.210 e. The van der Waals surface area contributed by atoms with Crippen molar-refractivity contribution in [2.24, 2.45) is 16.0 Å². The van der Waals surface area contributed by atoms with E-state index in [1.807, 2.05) is 6.92 Å². The van der Waals surface area contributed by atoms with E-state index in [0.717, 1.165) is 25.9 Å². The molecule has 0 unspecified atom stereocenters. The highest BCUT2D eigenvalue weighted by atomic mass is 127. The molecule has 0 radical (unpaired) electrons. The summed E-state index contributed by atoms with van der Waals surface area (Å²) in [6.07, 6.45) is 2.17. The molecule has 0 saturated carbocycles. The number of nitrogens with two attached hydrogens (primary N) is 1. The Kier molecular flexibility index (Phi) is 13.1. The maximum atomic E-state index is 10.8. The number of guanidine groups is 1. The minimum absolute atomic E-state index is 0. The van der Waals surface area contributed by atoms with E-state index in [1.165, 1.54) is 0 Å². The molecule has 6 nitrogen and oxygen atoms in total. The van der Waals surface area contributed by atoms with Crippen LogP contribution < -0.4 is 15.8 Å². The molecule has 4 N–H and O–H groups in total. The number of halogens is 1. The Bertz CT molecular complexity index is 345. The third kappa shape index (κ3) is 15.9. The Morgan fingerprint density at radius 1 is 1.32 bits per heavy atom. The van der Waals surface area contributed by atoms with Gasteiger partial charge in [0, 0.05) is 19.6 Å². The summed E-state index contributed by atoms with van der Waals surface area (Å²) in [5, 5.41) is 10.9. The van der Waals surface area contributed by atoms with E-state index in [-0.39, 0.29) is 36.3 Å². The van der Waals surface area contributed by atoms with Crippen molar-refractivity contribution in [1.82, 2.24) is 10.6 Å². The van der Waals surface area contributed by atoms with Gasteiger partial charge in [-0.15, -0.1) is 24.0 Å². The monoisotopic (exact) mass is 406 g/mol. The van der Waals surface area contributed by atoms with E-state index in [2.05, 4.69) is 29.5 Å². The fraction of sp³-hybridized carbons (Fsp3) is 0.909. The molecule has 0 heterocycles. The van der Waals surface area contributed by atoms with Gasteiger partial charge in [-0.25, -0.2) is 13.6 Å². The van der Waals surface area contributed by atoms with Gasteiger partial charge >= 0.3 is 0 Å². The summed E-state index contributed by atoms with van der Waals surface area (Å²) in [7, 11) is -3.42. The molecule has 0 aliphatic carbocycles. The lowest BCUT2D eigenvalue weighted by Gasteiger charge is -2.10. The van der Waals surface area contributed by atoms with Crippen LogP contribution in [0.3, 0.4) is 0 Å². The van der Waals surface area contributed by atoms with Crippen LogP contribution in [-0.2, 0) is 10.0 Å². The van der Waals surface area contributed by atoms with Gasteiger partial charge in [-0.2, -0.15) is 0 Å². The van der Waals surface area contributed by atoms with E-state index in [9.17, 15) is 8.42 Å². The normalized spacial score (nSPS) is 12.2. The van der Waals surface area contributed by atoms with Gasteiger partial charge in [0.15, 0.2) is 5.96 Å². The van der Waals surface area contributed by atoms with E-state index in [4.69, 9.17) is 5.14 Å². The number of hydrogen-bond donors (Lipinski definition) is 3. The van der Waals surface area contributed by atoms with Gasteiger partial charge in [0.2, 0.25) is 10.0 Å². The quantitative estimate of drug-likeness (QED) is 0.241. The van der Waals surface area contributed by atoms with Crippen LogP contribution in [0.4, 0.5) is 0 Å². The Labute approximate surface area is 134 Å². The van der Waals surface area contributed by atoms with Crippen LogP contribution in [0.2, 0.25) is 0 Å². The van der Waals surface area contributed by atoms with E-state index in [1.54, 1.807) is 0 Å². The van der Waals surface area contributed by atoms with Gasteiger partial charge in [-0.05, 0) is 25.7 Å². The van der Waals surface area contributed by atoms with Gasteiger partial charge in [-0.3, -0.25) is 4.99 Å². The van der Waals surface area contributed by atoms with E-state index in [0.29, 0.717) is 11.9 Å². The molecule has 0 aromatic rings. The largest absolute Gasteiger partial charge is 0.357 e. The molecule has 0 amide bonds. The van der Waals surface area contributed by atoms with Crippen LogP contribution in [0.25, 0.3) is 0 Å². The molecule has 0 saturated heterocycles. The van der Waals surface area contributed by atoms with Crippen LogP contribution in [0, 0.1) is 5.92 Å². The van der Waals surface area contributed by atoms with E-state index < -0.39 is 10.0 Å². The Balaban J connectivity index is 0. The zero-order valence-electron chi connectivity index (χ0n) is 12.0. The van der Waals surface area contributed by atoms with Crippen molar-refractivity contribution in [3.8, 4) is 0 Å². The van der Waals surface area contributed by atoms with Gasteiger partial charge in [-0.1, -0.05) is 13.8 Å². The molecule has 19 heavy (non-hydrogen) atoms. The highest BCUT2D eigenvalue weighted by molar-refractivity contribution is 14.0. The minimum atomic E-state index is -3.42. The second-order valence-electron chi connectivity index (χ2n) is 4.59. The molecule has 0 aliphatic heterocycles. The predicted molar refractivity (Wildman–Crippen MR) is 91.4 cm³/mol. The number of hydrogen-bond acceptors (Lipinski definition) is 3. The number of aliphatic imine (C=N–C) groups is 1. The van der Waals surface area contributed by atoms with Crippen molar-refractivity contribution in [2.75, 3.05) is 25.4 Å². The number of nitrogens with one attached hydrogen (secondary N) is 2. The summed E-state index contributed by atoms with van der Waals surface area (Å²) in [6, 6.07) is 0. The molecule has 0 aliphatic rings. The summed E-state index contributed by atoms with van der Waals surface area (Å²) >= 11 is 0. The average molecular weight is 406 g/mol. The van der Waals surface area contributed by atoms with Crippen LogP contribution in [0.15, 0.2) is 4.99 Å². The SMILES string of the molecule is CCNC(=NCCCC(C)C)NCCS(N)(=O)=O.I. The molecular weight excluding hydrogens is 379 g/mol. The third-order valence-electron chi connectivity index (χ3n) is 2.23. The summed E-state index contributed by atoms with van der Waals surface area (Å²) in [6.45, 7) is 8.08. The molecule has 0 rings (SSSR count). The molecule has 0 aromatic heterocycles. The first kappa shape index (κ1) is 21.2. The first-order valence-corrected chi connectivity index (χ1v) is 8.09. The highest BCUT2D eigenvalue weighted by Gasteiger charge is 2.03. The number of sulfonamides is 1. The molecule has 0 fully saturated rings. The highest BCUT2D eigenvalue weighted by Crippen LogP contribution is 2.02. The topological polar surface area (TPSA) is 96.6 Å². The number of primary sulfonamides is 1. The average Bonchev–Trinajstić information content (AvgIpc) is 2.22. The van der Waals surface area contributed by atoms with Crippen LogP contribution in [-0.4, -0.2) is 39.8 Å². The van der Waals surface area contributed by atoms with Gasteiger partial charge < -0.3 is 10.6 Å². The fourth-order valence-corrected chi connectivity index (χ4v) is 1.73. The summed E-state index contributed by atoms with van der Waals surface area (Å²) < 4.78 is 21.6. The van der Waals surface area contributed by atoms with Crippen molar-refractivity contribution < 1.29 is 8.42 Å². The van der Waals surface area contributed by atoms with Crippen LogP contribution >= 0.6 is 24.0 Å². The standard InChI is InChI=1S/C11H26N4O2S.HI/c1-4-13-11(14-7-5-6-10(2)3)15-8-9-18(12,16)17;/h10H,4-9H2,1-3H3,(H2,12,16,17)(H2,13,14,15);1H. The van der Waals surface area contributed by atoms with Crippen molar-refractivity contribution >= 4 is 40.0 Å². The fourth-order valence-electron chi connectivity index (χ4n) is 1.34. The molecular formula is C11H27IN4O2S. The Morgan fingerprint density at radius 3 is 2.42 bits per heavy atom. The third-order valence-corrected chi connectivity index (χ3v) is 3.01. The zero-order chi connectivity index (χ0) is 14.0. The molecule has 0 bridgehead atoms. The summed E-state index contributed by atoms with van der Waals surface area (Å²) in [5.41, 5.74) is 0. The smallest absolute Gasteiger partial charge is 0.210 e. The first-order chi connectivity index (χ1) is 8.35. The molecule has 0 spiro atoms. The van der Waals surface area contributed by atoms with Crippen molar-refractivity contribution in [3.63, 3.8) is 0 Å². The lowest BCUT2D eigenvalue weighted by molar-refractivity contribution is 0.560. The van der Waals surface area contributed by atoms with E-state index >= 15 is 0 Å². The second kappa shape index (κ2) is 11.7. The molecule has 0 aromatic carbocycles. The number of nitrogens with zero attached hydrogens (tertiary/aromatic N) is 1. The lowest BCUT2D eigenvalue weighted by Crippen LogP contribution is -2.40. The predicted octanol–water partition coefficient (Wildman–Crippen LogP) is 0.884. The van der Waals surface area contributed by atoms with Crippen molar-refractivity contribution in [1.29, 1.82) is 0 Å². The van der Waals surface area contributed by atoms with Crippen molar-refractivity contribution in [2.45, 2.75) is 33.6 Å². The van der Waals surface area contributed by atoms with Crippen LogP contribution in [0.1, 0.15) is 33.6 Å². The minimum Gasteiger partial charge on any atom is -0.357 e. The molecule has 116 valence electrons. The lowest BCUT2D eigenvalue weighted by atomic mass is 10.1. The molecule has 0 atom stereocenters. The zero-order valence-corrected chi connectivity index (χ0v) is 15.1. The summed E-state index contributed by atoms with van der Waals surface area (Å²) in [4.78, 5) is 4.36. The summed E-state index contributed by atoms with van der Waals surface area (Å²) in [5.74, 6) is 1.23. The molecule has 8 heteroatoms. The maximum absolute atomic E-state index is 10.8. The first-order valence-electron chi connectivity index (χ1n) is 6.37. The Morgan fingerprint density at radius 2 is 1.95 bits per heavy atom. The van der Waals surface area contributed by atoms with Gasteiger partial charge in [0.05, 0.1) is 5.75 Å². The van der Waals surface area contributed by atoms with Gasteiger partial charge in [0.25, 0.3) is 0 Å². The van der Waals surface area contributed by atoms with Crippen molar-refractivity contribution in [3.05, 3.63) is 0 Å². The second-order valence-corrected chi connectivity index (χ2v) is 6.32. The van der Waals surface area contributed by atoms with Gasteiger partial charge in [0.1, 0.15) is 0 Å². The number of rotatable bonds is 8. The Hall–Kier alpha value is -0.0900.